The molecule has 100 valence electrons. The molecular weight excluding hydrogens is 246 g/mol. The van der Waals surface area contributed by atoms with Gasteiger partial charge in [0.1, 0.15) is 0 Å². The highest BCUT2D eigenvalue weighted by Gasteiger charge is 2.12. The van der Waals surface area contributed by atoms with Crippen LogP contribution in [0.15, 0.2) is 41.5 Å². The monoisotopic (exact) mass is 261 g/mol. The molecule has 0 radical (unpaired) electrons. The lowest BCUT2D eigenvalue weighted by Crippen LogP contribution is -2.24. The number of aromatic nitrogens is 2. The highest BCUT2D eigenvalue weighted by molar-refractivity contribution is 5.39. The molecule has 1 aromatic carbocycles. The number of hydrogen-bond donors (Lipinski definition) is 0. The van der Waals surface area contributed by atoms with Gasteiger partial charge in [-0.25, -0.2) is 4.79 Å². The van der Waals surface area contributed by atoms with Gasteiger partial charge in [-0.1, -0.05) is 18.2 Å². The normalized spacial score (nSPS) is 10.6. The van der Waals surface area contributed by atoms with Crippen LogP contribution in [0, 0.1) is 10.1 Å². The van der Waals surface area contributed by atoms with Crippen molar-refractivity contribution in [2.75, 3.05) is 0 Å². The van der Waals surface area contributed by atoms with Crippen molar-refractivity contribution in [2.45, 2.75) is 26.4 Å². The average molecular weight is 261 g/mol. The van der Waals surface area contributed by atoms with E-state index in [0.717, 1.165) is 0 Å². The summed E-state index contributed by atoms with van der Waals surface area (Å²) in [6, 6.07) is 6.61. The summed E-state index contributed by atoms with van der Waals surface area (Å²) in [5.41, 5.74) is 0.662. The van der Waals surface area contributed by atoms with Gasteiger partial charge in [0.25, 0.3) is 5.69 Å². The van der Waals surface area contributed by atoms with E-state index in [1.54, 1.807) is 39.7 Å². The van der Waals surface area contributed by atoms with Crippen molar-refractivity contribution in [3.05, 3.63) is 62.8 Å². The summed E-state index contributed by atoms with van der Waals surface area (Å²) in [5.74, 6) is 0. The number of imidazole rings is 1. The summed E-state index contributed by atoms with van der Waals surface area (Å²) in [7, 11) is 0. The van der Waals surface area contributed by atoms with Crippen molar-refractivity contribution < 1.29 is 4.92 Å². The van der Waals surface area contributed by atoms with Crippen LogP contribution in [0.5, 0.6) is 0 Å². The molecule has 0 N–H and O–H groups in total. The molecule has 0 saturated carbocycles. The first-order chi connectivity index (χ1) is 9.13. The van der Waals surface area contributed by atoms with Gasteiger partial charge in [-0.15, -0.1) is 0 Å². The summed E-state index contributed by atoms with van der Waals surface area (Å²) in [6.45, 7) is 2.96. The third kappa shape index (κ3) is 2.73. The molecule has 0 saturated heterocycles. The zero-order valence-electron chi connectivity index (χ0n) is 10.7. The van der Waals surface area contributed by atoms with Crippen LogP contribution in [-0.4, -0.2) is 14.1 Å². The second-order valence-corrected chi connectivity index (χ2v) is 4.20. The van der Waals surface area contributed by atoms with Gasteiger partial charge >= 0.3 is 5.69 Å². The van der Waals surface area contributed by atoms with E-state index in [2.05, 4.69) is 0 Å². The first-order valence-corrected chi connectivity index (χ1v) is 6.11. The highest BCUT2D eigenvalue weighted by Crippen LogP contribution is 2.18. The largest absolute Gasteiger partial charge is 0.328 e. The molecule has 0 atom stereocenters. The zero-order valence-corrected chi connectivity index (χ0v) is 10.7. The van der Waals surface area contributed by atoms with Crippen LogP contribution in [0.2, 0.25) is 0 Å². The minimum absolute atomic E-state index is 0.0823. The SMILES string of the molecule is CCn1ccn(CCc2ccccc2[N+](=O)[O-])c1=O. The lowest BCUT2D eigenvalue weighted by atomic mass is 10.1. The van der Waals surface area contributed by atoms with E-state index in [1.165, 1.54) is 6.07 Å². The Morgan fingerprint density at radius 1 is 1.21 bits per heavy atom. The molecule has 0 aliphatic heterocycles. The lowest BCUT2D eigenvalue weighted by Gasteiger charge is -2.03. The second-order valence-electron chi connectivity index (χ2n) is 4.20. The van der Waals surface area contributed by atoms with Gasteiger partial charge in [0.05, 0.1) is 4.92 Å². The quantitative estimate of drug-likeness (QED) is 0.609. The number of hydrogen-bond acceptors (Lipinski definition) is 3. The average Bonchev–Trinajstić information content (AvgIpc) is 2.77. The van der Waals surface area contributed by atoms with Crippen molar-refractivity contribution in [3.63, 3.8) is 0 Å². The van der Waals surface area contributed by atoms with Crippen LogP contribution in [-0.2, 0) is 19.5 Å². The summed E-state index contributed by atoms with van der Waals surface area (Å²) in [6.07, 6.45) is 3.90. The molecule has 2 aromatic rings. The predicted molar refractivity (Wildman–Crippen MR) is 71.2 cm³/mol. The fraction of sp³-hybridized carbons (Fsp3) is 0.308. The van der Waals surface area contributed by atoms with Crippen molar-refractivity contribution in [1.82, 2.24) is 9.13 Å². The van der Waals surface area contributed by atoms with Gasteiger partial charge in [0.15, 0.2) is 0 Å². The fourth-order valence-electron chi connectivity index (χ4n) is 2.01. The minimum Gasteiger partial charge on any atom is -0.300 e. The van der Waals surface area contributed by atoms with Crippen LogP contribution in [0.25, 0.3) is 0 Å². The molecule has 1 heterocycles. The maximum Gasteiger partial charge on any atom is 0.328 e. The van der Waals surface area contributed by atoms with E-state index in [-0.39, 0.29) is 11.4 Å². The summed E-state index contributed by atoms with van der Waals surface area (Å²) in [4.78, 5) is 22.3. The molecule has 1 aromatic heterocycles. The maximum atomic E-state index is 11.8. The standard InChI is InChI=1S/C13H15N3O3/c1-2-14-9-10-15(13(14)17)8-7-11-5-3-4-6-12(11)16(18)19/h3-6,9-10H,2,7-8H2,1H3. The van der Waals surface area contributed by atoms with Gasteiger partial charge in [-0.05, 0) is 13.3 Å². The Hall–Kier alpha value is -2.37. The molecule has 19 heavy (non-hydrogen) atoms. The molecule has 0 aliphatic carbocycles. The Labute approximate surface area is 110 Å². The van der Waals surface area contributed by atoms with Gasteiger partial charge < -0.3 is 0 Å². The van der Waals surface area contributed by atoms with Gasteiger partial charge in [0.2, 0.25) is 0 Å². The molecule has 0 spiro atoms. The van der Waals surface area contributed by atoms with E-state index in [0.29, 0.717) is 25.1 Å². The Morgan fingerprint density at radius 2 is 1.89 bits per heavy atom. The number of para-hydroxylation sites is 1. The number of benzene rings is 1. The molecule has 0 aliphatic rings. The van der Waals surface area contributed by atoms with Crippen LogP contribution in [0.4, 0.5) is 5.69 Å². The summed E-state index contributed by atoms with van der Waals surface area (Å²) >= 11 is 0. The van der Waals surface area contributed by atoms with Crippen LogP contribution < -0.4 is 5.69 Å². The van der Waals surface area contributed by atoms with E-state index in [1.807, 2.05) is 6.92 Å². The molecule has 0 bridgehead atoms. The van der Waals surface area contributed by atoms with Gasteiger partial charge in [-0.2, -0.15) is 0 Å². The summed E-state index contributed by atoms with van der Waals surface area (Å²) in [5, 5.41) is 10.9. The lowest BCUT2D eigenvalue weighted by molar-refractivity contribution is -0.385. The molecular formula is C13H15N3O3. The zero-order chi connectivity index (χ0) is 13.8. The third-order valence-electron chi connectivity index (χ3n) is 3.07. The first kappa shape index (κ1) is 13.1. The Kier molecular flexibility index (Phi) is 3.79. The molecule has 6 heteroatoms. The Morgan fingerprint density at radius 3 is 2.53 bits per heavy atom. The van der Waals surface area contributed by atoms with Crippen LogP contribution >= 0.6 is 0 Å². The molecule has 0 fully saturated rings. The van der Waals surface area contributed by atoms with Crippen molar-refractivity contribution in [1.29, 1.82) is 0 Å². The number of nitro benzene ring substituents is 1. The predicted octanol–water partition coefficient (Wildman–Crippen LogP) is 1.82. The van der Waals surface area contributed by atoms with E-state index in [9.17, 15) is 14.9 Å². The maximum absolute atomic E-state index is 11.8. The Balaban J connectivity index is 2.17. The van der Waals surface area contributed by atoms with Crippen LogP contribution in [0.3, 0.4) is 0 Å². The number of nitrogens with zero attached hydrogens (tertiary/aromatic N) is 3. The number of nitro groups is 1. The smallest absolute Gasteiger partial charge is 0.300 e. The number of rotatable bonds is 5. The molecule has 0 unspecified atom stereocenters. The molecule has 2 rings (SSSR count). The van der Waals surface area contributed by atoms with Crippen LogP contribution in [0.1, 0.15) is 12.5 Å². The Bertz CT molecular complexity index is 643. The van der Waals surface area contributed by atoms with Gasteiger partial charge in [0, 0.05) is 37.1 Å². The van der Waals surface area contributed by atoms with E-state index < -0.39 is 4.92 Å². The van der Waals surface area contributed by atoms with E-state index >= 15 is 0 Å². The second kappa shape index (κ2) is 5.51. The fourth-order valence-corrected chi connectivity index (χ4v) is 2.01. The van der Waals surface area contributed by atoms with Crippen molar-refractivity contribution >= 4 is 5.69 Å². The summed E-state index contributed by atoms with van der Waals surface area (Å²) < 4.78 is 3.17. The third-order valence-corrected chi connectivity index (χ3v) is 3.07. The molecule has 0 amide bonds. The highest BCUT2D eigenvalue weighted by atomic mass is 16.6. The van der Waals surface area contributed by atoms with Crippen molar-refractivity contribution in [2.24, 2.45) is 0 Å². The van der Waals surface area contributed by atoms with E-state index in [4.69, 9.17) is 0 Å². The molecule has 6 nitrogen and oxygen atoms in total. The van der Waals surface area contributed by atoms with Gasteiger partial charge in [-0.3, -0.25) is 19.2 Å². The minimum atomic E-state index is -0.394. The number of aryl methyl sites for hydroxylation is 3. The topological polar surface area (TPSA) is 70.1 Å². The first-order valence-electron chi connectivity index (χ1n) is 6.11. The van der Waals surface area contributed by atoms with Crippen molar-refractivity contribution in [3.8, 4) is 0 Å².